The standard InChI is InChI=1S/C4H10N2O2.ClH/c1-5-2-3-6-4(7)8;/h5-6H,2-3H2,1H3,(H,7,8);1H. The minimum absolute atomic E-state index is 0. The van der Waals surface area contributed by atoms with Crippen molar-refractivity contribution in [3.63, 3.8) is 0 Å². The number of likely N-dealkylation sites (N-methyl/N-ethyl adjacent to an activating group) is 1. The predicted molar refractivity (Wildman–Crippen MR) is 37.2 cm³/mol. The average Bonchev–Trinajstić information content (AvgIpc) is 1.66. The van der Waals surface area contributed by atoms with Crippen molar-refractivity contribution < 1.29 is 9.90 Å². The number of carboxylic acid groups (broad SMARTS) is 1. The average molecular weight is 155 g/mol. The maximum atomic E-state index is 9.74. The minimum atomic E-state index is -0.972. The fraction of sp³-hybridized carbons (Fsp3) is 0.750. The number of rotatable bonds is 3. The van der Waals surface area contributed by atoms with Gasteiger partial charge in [0.05, 0.1) is 0 Å². The number of amides is 1. The van der Waals surface area contributed by atoms with Crippen LogP contribution >= 0.6 is 12.4 Å². The Morgan fingerprint density at radius 2 is 2.11 bits per heavy atom. The lowest BCUT2D eigenvalue weighted by Crippen LogP contribution is -2.28. The van der Waals surface area contributed by atoms with E-state index in [-0.39, 0.29) is 12.4 Å². The lowest BCUT2D eigenvalue weighted by molar-refractivity contribution is 0.194. The summed E-state index contributed by atoms with van der Waals surface area (Å²) in [6.07, 6.45) is -0.972. The number of hydrogen-bond acceptors (Lipinski definition) is 2. The number of nitrogens with one attached hydrogen (secondary N) is 2. The molecule has 0 aliphatic heterocycles. The van der Waals surface area contributed by atoms with Gasteiger partial charge in [-0.2, -0.15) is 0 Å². The summed E-state index contributed by atoms with van der Waals surface area (Å²) in [6, 6.07) is 0. The highest BCUT2D eigenvalue weighted by atomic mass is 35.5. The van der Waals surface area contributed by atoms with Crippen LogP contribution in [0.5, 0.6) is 0 Å². The lowest BCUT2D eigenvalue weighted by atomic mass is 10.6. The first-order chi connectivity index (χ1) is 3.77. The summed E-state index contributed by atoms with van der Waals surface area (Å²) in [5.74, 6) is 0. The third-order valence-electron chi connectivity index (χ3n) is 0.651. The summed E-state index contributed by atoms with van der Waals surface area (Å²) in [6.45, 7) is 1.14. The van der Waals surface area contributed by atoms with Crippen molar-refractivity contribution in [1.82, 2.24) is 10.6 Å². The van der Waals surface area contributed by atoms with Gasteiger partial charge < -0.3 is 15.7 Å². The van der Waals surface area contributed by atoms with E-state index < -0.39 is 6.09 Å². The smallest absolute Gasteiger partial charge is 0.404 e. The summed E-state index contributed by atoms with van der Waals surface area (Å²) in [5, 5.41) is 13.0. The molecule has 0 aliphatic rings. The van der Waals surface area contributed by atoms with Crippen LogP contribution in [-0.4, -0.2) is 31.3 Å². The van der Waals surface area contributed by atoms with E-state index in [9.17, 15) is 4.79 Å². The van der Waals surface area contributed by atoms with Crippen LogP contribution in [0.15, 0.2) is 0 Å². The molecule has 0 radical (unpaired) electrons. The van der Waals surface area contributed by atoms with Gasteiger partial charge in [0.2, 0.25) is 0 Å². The van der Waals surface area contributed by atoms with Crippen molar-refractivity contribution in [2.45, 2.75) is 0 Å². The van der Waals surface area contributed by atoms with Gasteiger partial charge in [-0.1, -0.05) is 0 Å². The van der Waals surface area contributed by atoms with E-state index >= 15 is 0 Å². The van der Waals surface area contributed by atoms with Gasteiger partial charge in [0.1, 0.15) is 0 Å². The Morgan fingerprint density at radius 3 is 2.44 bits per heavy atom. The van der Waals surface area contributed by atoms with Crippen molar-refractivity contribution in [3.8, 4) is 0 Å². The molecule has 0 saturated heterocycles. The van der Waals surface area contributed by atoms with E-state index in [2.05, 4.69) is 10.6 Å². The Hall–Kier alpha value is -0.480. The Labute approximate surface area is 60.0 Å². The molecular weight excluding hydrogens is 144 g/mol. The monoisotopic (exact) mass is 154 g/mol. The summed E-state index contributed by atoms with van der Waals surface area (Å²) < 4.78 is 0. The Morgan fingerprint density at radius 1 is 1.56 bits per heavy atom. The molecule has 56 valence electrons. The second-order valence-electron chi connectivity index (χ2n) is 1.34. The molecule has 0 aliphatic carbocycles. The molecule has 0 unspecified atom stereocenters. The van der Waals surface area contributed by atoms with E-state index in [0.29, 0.717) is 13.1 Å². The Bertz CT molecular complexity index is 79.0. The molecular formula is C4H11ClN2O2. The Balaban J connectivity index is 0. The molecule has 3 N–H and O–H groups in total. The van der Waals surface area contributed by atoms with Gasteiger partial charge in [0, 0.05) is 13.1 Å². The molecule has 0 aromatic heterocycles. The maximum absolute atomic E-state index is 9.74. The summed E-state index contributed by atoms with van der Waals surface area (Å²) in [7, 11) is 1.77. The molecule has 9 heavy (non-hydrogen) atoms. The van der Waals surface area contributed by atoms with E-state index in [4.69, 9.17) is 5.11 Å². The van der Waals surface area contributed by atoms with Gasteiger partial charge in [-0.15, -0.1) is 12.4 Å². The normalized spacial score (nSPS) is 7.67. The molecule has 0 heterocycles. The summed E-state index contributed by atoms with van der Waals surface area (Å²) >= 11 is 0. The lowest BCUT2D eigenvalue weighted by Gasteiger charge is -1.96. The molecule has 0 rings (SSSR count). The zero-order valence-electron chi connectivity index (χ0n) is 5.18. The first-order valence-corrected chi connectivity index (χ1v) is 2.38. The molecule has 1 amide bonds. The van der Waals surface area contributed by atoms with Crippen molar-refractivity contribution in [3.05, 3.63) is 0 Å². The van der Waals surface area contributed by atoms with Crippen LogP contribution in [0.3, 0.4) is 0 Å². The molecule has 0 spiro atoms. The van der Waals surface area contributed by atoms with E-state index in [1.165, 1.54) is 0 Å². The van der Waals surface area contributed by atoms with Crippen LogP contribution in [-0.2, 0) is 0 Å². The fourth-order valence-corrected chi connectivity index (χ4v) is 0.294. The highest BCUT2D eigenvalue weighted by molar-refractivity contribution is 5.85. The van der Waals surface area contributed by atoms with Gasteiger partial charge >= 0.3 is 6.09 Å². The molecule has 0 bridgehead atoms. The van der Waals surface area contributed by atoms with Crippen LogP contribution in [0.25, 0.3) is 0 Å². The largest absolute Gasteiger partial charge is 0.465 e. The quantitative estimate of drug-likeness (QED) is 0.498. The van der Waals surface area contributed by atoms with E-state index in [1.54, 1.807) is 7.05 Å². The molecule has 0 atom stereocenters. The van der Waals surface area contributed by atoms with Crippen molar-refractivity contribution in [2.75, 3.05) is 20.1 Å². The van der Waals surface area contributed by atoms with Crippen molar-refractivity contribution >= 4 is 18.5 Å². The second-order valence-corrected chi connectivity index (χ2v) is 1.34. The molecule has 0 aromatic rings. The molecule has 0 saturated carbocycles. The first kappa shape index (κ1) is 11.3. The highest BCUT2D eigenvalue weighted by Crippen LogP contribution is 1.57. The van der Waals surface area contributed by atoms with Gasteiger partial charge in [0.25, 0.3) is 0 Å². The van der Waals surface area contributed by atoms with E-state index in [1.807, 2.05) is 0 Å². The topological polar surface area (TPSA) is 61.4 Å². The summed E-state index contributed by atoms with van der Waals surface area (Å²) in [4.78, 5) is 9.74. The maximum Gasteiger partial charge on any atom is 0.404 e. The minimum Gasteiger partial charge on any atom is -0.465 e. The number of hydrogen-bond donors (Lipinski definition) is 3. The van der Waals surface area contributed by atoms with Gasteiger partial charge in [0.15, 0.2) is 0 Å². The van der Waals surface area contributed by atoms with Crippen LogP contribution in [0, 0.1) is 0 Å². The fourth-order valence-electron chi connectivity index (χ4n) is 0.294. The van der Waals surface area contributed by atoms with E-state index in [0.717, 1.165) is 0 Å². The third kappa shape index (κ3) is 11.2. The number of carbonyl (C=O) groups is 1. The van der Waals surface area contributed by atoms with Crippen molar-refractivity contribution in [1.29, 1.82) is 0 Å². The highest BCUT2D eigenvalue weighted by Gasteiger charge is 1.88. The SMILES string of the molecule is CNCCNC(=O)O.Cl. The Kier molecular flexibility index (Phi) is 9.47. The second kappa shape index (κ2) is 7.52. The zero-order chi connectivity index (χ0) is 6.41. The summed E-state index contributed by atoms with van der Waals surface area (Å²) in [5.41, 5.74) is 0. The van der Waals surface area contributed by atoms with Gasteiger partial charge in [-0.25, -0.2) is 4.79 Å². The van der Waals surface area contributed by atoms with Crippen LogP contribution in [0.1, 0.15) is 0 Å². The molecule has 0 fully saturated rings. The predicted octanol–water partition coefficient (Wildman–Crippen LogP) is -0.105. The third-order valence-corrected chi connectivity index (χ3v) is 0.651. The van der Waals surface area contributed by atoms with Crippen molar-refractivity contribution in [2.24, 2.45) is 0 Å². The molecule has 4 nitrogen and oxygen atoms in total. The molecule has 5 heteroatoms. The zero-order valence-corrected chi connectivity index (χ0v) is 5.99. The first-order valence-electron chi connectivity index (χ1n) is 2.38. The van der Waals surface area contributed by atoms with Crippen LogP contribution < -0.4 is 10.6 Å². The van der Waals surface area contributed by atoms with Gasteiger partial charge in [-0.3, -0.25) is 0 Å². The number of halogens is 1. The van der Waals surface area contributed by atoms with Gasteiger partial charge in [-0.05, 0) is 7.05 Å². The van der Waals surface area contributed by atoms with Crippen LogP contribution in [0.4, 0.5) is 4.79 Å². The van der Waals surface area contributed by atoms with Crippen LogP contribution in [0.2, 0.25) is 0 Å². The molecule has 0 aromatic carbocycles.